The Hall–Kier alpha value is -4.33. The van der Waals surface area contributed by atoms with Crippen LogP contribution in [-0.2, 0) is 19.5 Å². The van der Waals surface area contributed by atoms with Gasteiger partial charge in [0.15, 0.2) is 0 Å². The predicted molar refractivity (Wildman–Crippen MR) is 140 cm³/mol. The Morgan fingerprint density at radius 3 is 2.39 bits per heavy atom. The Morgan fingerprint density at radius 1 is 0.889 bits per heavy atom. The normalized spacial score (nSPS) is 11.2. The highest BCUT2D eigenvalue weighted by Gasteiger charge is 2.17. The molecule has 0 aliphatic carbocycles. The molecule has 0 saturated carbocycles. The summed E-state index contributed by atoms with van der Waals surface area (Å²) in [5, 5.41) is 19.5. The molecule has 8 heteroatoms. The first-order valence-corrected chi connectivity index (χ1v) is 12.3. The number of H-pyrrole nitrogens is 1. The molecule has 1 N–H and O–H groups in total. The van der Waals surface area contributed by atoms with Crippen molar-refractivity contribution in [2.45, 2.75) is 46.2 Å². The second-order valence-corrected chi connectivity index (χ2v) is 9.01. The molecule has 5 aromatic rings. The maximum absolute atomic E-state index is 13.5. The number of hydrogen-bond donors (Lipinski definition) is 1. The largest absolute Gasteiger partial charge is 0.346 e. The van der Waals surface area contributed by atoms with Crippen molar-refractivity contribution >= 4 is 0 Å². The van der Waals surface area contributed by atoms with E-state index in [2.05, 4.69) is 70.9 Å². The third-order valence-electron chi connectivity index (χ3n) is 6.30. The van der Waals surface area contributed by atoms with E-state index < -0.39 is 0 Å². The zero-order valence-corrected chi connectivity index (χ0v) is 20.6. The number of hydrogen-bond acceptors (Lipinski definition) is 5. The van der Waals surface area contributed by atoms with Crippen LogP contribution in [0, 0.1) is 6.92 Å². The van der Waals surface area contributed by atoms with E-state index in [0.717, 1.165) is 52.9 Å². The van der Waals surface area contributed by atoms with E-state index in [4.69, 9.17) is 5.10 Å². The number of tetrazole rings is 1. The topological polar surface area (TPSA) is 94.3 Å². The molecule has 5 rings (SSSR count). The third kappa shape index (κ3) is 5.02. The summed E-state index contributed by atoms with van der Waals surface area (Å²) in [4.78, 5) is 13.5. The number of aromatic nitrogens is 7. The molecule has 0 bridgehead atoms. The zero-order chi connectivity index (χ0) is 24.9. The van der Waals surface area contributed by atoms with E-state index in [1.807, 2.05) is 36.4 Å². The van der Waals surface area contributed by atoms with Gasteiger partial charge in [0.1, 0.15) is 5.82 Å². The number of aryl methyl sites for hydroxylation is 2. The molecule has 36 heavy (non-hydrogen) atoms. The summed E-state index contributed by atoms with van der Waals surface area (Å²) in [5.41, 5.74) is 6.06. The van der Waals surface area contributed by atoms with Crippen LogP contribution in [0.3, 0.4) is 0 Å². The van der Waals surface area contributed by atoms with Crippen LogP contribution in [0.5, 0.6) is 0 Å². The summed E-state index contributed by atoms with van der Waals surface area (Å²) < 4.78 is 3.37. The van der Waals surface area contributed by atoms with Crippen LogP contribution in [0.15, 0.2) is 77.6 Å². The maximum atomic E-state index is 13.5. The van der Waals surface area contributed by atoms with Crippen LogP contribution in [-0.4, -0.2) is 35.0 Å². The molecule has 0 saturated heterocycles. The standard InChI is InChI=1S/C28H29N7O/c1-3-4-10-26-31-35(19-21-13-11-20(2)12-14-21)28(36)34(26)18-22-15-16-24(23-8-6-5-7-9-23)25(17-22)27-29-32-33-30-27/h5-9,11-17H,3-4,10,18-19H2,1-2H3,(H,29,30,32,33). The summed E-state index contributed by atoms with van der Waals surface area (Å²) in [7, 11) is 0. The first kappa shape index (κ1) is 23.4. The molecule has 0 aliphatic rings. The second-order valence-electron chi connectivity index (χ2n) is 9.01. The van der Waals surface area contributed by atoms with Gasteiger partial charge in [-0.05, 0) is 46.9 Å². The molecule has 8 nitrogen and oxygen atoms in total. The highest BCUT2D eigenvalue weighted by molar-refractivity contribution is 5.80. The molecule has 0 unspecified atom stereocenters. The van der Waals surface area contributed by atoms with Crippen molar-refractivity contribution in [3.05, 3.63) is 106 Å². The van der Waals surface area contributed by atoms with Gasteiger partial charge in [-0.3, -0.25) is 4.57 Å². The van der Waals surface area contributed by atoms with Gasteiger partial charge >= 0.3 is 5.69 Å². The van der Waals surface area contributed by atoms with Crippen LogP contribution < -0.4 is 5.69 Å². The number of nitrogens with one attached hydrogen (secondary N) is 1. The van der Waals surface area contributed by atoms with Gasteiger partial charge in [-0.25, -0.2) is 9.48 Å². The van der Waals surface area contributed by atoms with Gasteiger partial charge in [0.25, 0.3) is 0 Å². The molecule has 0 radical (unpaired) electrons. The Morgan fingerprint density at radius 2 is 1.67 bits per heavy atom. The Balaban J connectivity index is 1.52. The number of benzene rings is 3. The SMILES string of the molecule is CCCCc1nn(Cc2ccc(C)cc2)c(=O)n1Cc1ccc(-c2ccccc2)c(-c2nn[nH]n2)c1. The molecule has 2 heterocycles. The minimum absolute atomic E-state index is 0.102. The van der Waals surface area contributed by atoms with Gasteiger partial charge < -0.3 is 0 Å². The van der Waals surface area contributed by atoms with Gasteiger partial charge in [-0.2, -0.15) is 10.3 Å². The van der Waals surface area contributed by atoms with Gasteiger partial charge in [-0.15, -0.1) is 10.2 Å². The van der Waals surface area contributed by atoms with Gasteiger partial charge in [0.05, 0.1) is 13.1 Å². The average Bonchev–Trinajstić information content (AvgIpc) is 3.54. The highest BCUT2D eigenvalue weighted by atomic mass is 16.2. The van der Waals surface area contributed by atoms with E-state index in [1.165, 1.54) is 5.56 Å². The third-order valence-corrected chi connectivity index (χ3v) is 6.30. The highest BCUT2D eigenvalue weighted by Crippen LogP contribution is 2.31. The fourth-order valence-electron chi connectivity index (χ4n) is 4.34. The van der Waals surface area contributed by atoms with E-state index in [-0.39, 0.29) is 5.69 Å². The van der Waals surface area contributed by atoms with Crippen LogP contribution in [0.2, 0.25) is 0 Å². The van der Waals surface area contributed by atoms with Crippen molar-refractivity contribution in [2.75, 3.05) is 0 Å². The molecular weight excluding hydrogens is 450 g/mol. The summed E-state index contributed by atoms with van der Waals surface area (Å²) in [5.74, 6) is 1.33. The minimum atomic E-state index is -0.102. The molecule has 0 spiro atoms. The lowest BCUT2D eigenvalue weighted by Crippen LogP contribution is -2.26. The van der Waals surface area contributed by atoms with Crippen molar-refractivity contribution < 1.29 is 0 Å². The van der Waals surface area contributed by atoms with Crippen molar-refractivity contribution in [3.63, 3.8) is 0 Å². The van der Waals surface area contributed by atoms with Crippen molar-refractivity contribution in [1.82, 2.24) is 35.0 Å². The summed E-state index contributed by atoms with van der Waals surface area (Å²) in [6.45, 7) is 5.07. The molecule has 0 fully saturated rings. The quantitative estimate of drug-likeness (QED) is 0.332. The second kappa shape index (κ2) is 10.5. The lowest BCUT2D eigenvalue weighted by atomic mass is 9.97. The molecule has 3 aromatic carbocycles. The Labute approximate surface area is 209 Å². The van der Waals surface area contributed by atoms with E-state index in [1.54, 1.807) is 9.25 Å². The number of unbranched alkanes of at least 4 members (excludes halogenated alkanes) is 1. The van der Waals surface area contributed by atoms with Gasteiger partial charge in [0, 0.05) is 12.0 Å². The van der Waals surface area contributed by atoms with Crippen molar-refractivity contribution in [2.24, 2.45) is 0 Å². The smallest absolute Gasteiger partial charge is 0.274 e. The van der Waals surface area contributed by atoms with Crippen molar-refractivity contribution in [1.29, 1.82) is 0 Å². The van der Waals surface area contributed by atoms with Crippen LogP contribution in [0.4, 0.5) is 0 Å². The monoisotopic (exact) mass is 479 g/mol. The van der Waals surface area contributed by atoms with E-state index in [9.17, 15) is 4.79 Å². The fraction of sp³-hybridized carbons (Fsp3) is 0.250. The molecule has 182 valence electrons. The van der Waals surface area contributed by atoms with Crippen molar-refractivity contribution in [3.8, 4) is 22.5 Å². The summed E-state index contributed by atoms with van der Waals surface area (Å²) >= 11 is 0. The average molecular weight is 480 g/mol. The first-order chi connectivity index (χ1) is 17.6. The maximum Gasteiger partial charge on any atom is 0.346 e. The molecule has 0 aliphatic heterocycles. The Bertz CT molecular complexity index is 1480. The molecule has 0 atom stereocenters. The van der Waals surface area contributed by atoms with Crippen LogP contribution in [0.25, 0.3) is 22.5 Å². The van der Waals surface area contributed by atoms with Gasteiger partial charge in [-0.1, -0.05) is 85.6 Å². The lowest BCUT2D eigenvalue weighted by molar-refractivity contribution is 0.637. The molecule has 0 amide bonds. The number of rotatable bonds is 9. The molecule has 2 aromatic heterocycles. The van der Waals surface area contributed by atoms with E-state index in [0.29, 0.717) is 18.9 Å². The zero-order valence-electron chi connectivity index (χ0n) is 20.6. The number of nitrogens with zero attached hydrogens (tertiary/aromatic N) is 6. The van der Waals surface area contributed by atoms with Gasteiger partial charge in [0.2, 0.25) is 5.82 Å². The summed E-state index contributed by atoms with van der Waals surface area (Å²) in [6.07, 6.45) is 2.77. The van der Waals surface area contributed by atoms with Crippen LogP contribution in [0.1, 0.15) is 42.3 Å². The first-order valence-electron chi connectivity index (χ1n) is 12.3. The summed E-state index contributed by atoms with van der Waals surface area (Å²) in [6, 6.07) is 24.5. The minimum Gasteiger partial charge on any atom is -0.274 e. The lowest BCUT2D eigenvalue weighted by Gasteiger charge is -2.11. The Kier molecular flexibility index (Phi) is 6.84. The molecular formula is C28H29N7O. The predicted octanol–water partition coefficient (Wildman–Crippen LogP) is 4.64. The van der Waals surface area contributed by atoms with Crippen LogP contribution >= 0.6 is 0 Å². The fourth-order valence-corrected chi connectivity index (χ4v) is 4.34. The number of aromatic amines is 1. The van der Waals surface area contributed by atoms with E-state index >= 15 is 0 Å².